The van der Waals surface area contributed by atoms with Crippen LogP contribution in [0.25, 0.3) is 0 Å². The number of rotatable bonds is 2. The highest BCUT2D eigenvalue weighted by atomic mass is 19.1. The van der Waals surface area contributed by atoms with Crippen LogP contribution in [0.4, 0.5) is 10.1 Å². The molecule has 21 heavy (non-hydrogen) atoms. The second-order valence-corrected chi connectivity index (χ2v) is 6.50. The predicted octanol–water partition coefficient (Wildman–Crippen LogP) is 2.40. The van der Waals surface area contributed by atoms with Gasteiger partial charge in [-0.05, 0) is 51.8 Å². The third kappa shape index (κ3) is 3.40. The average Bonchev–Trinajstić information content (AvgIpc) is 2.72. The summed E-state index contributed by atoms with van der Waals surface area (Å²) in [6.45, 7) is 7.88. The smallest absolute Gasteiger partial charge is 0.239 e. The minimum Gasteiger partial charge on any atom is -0.351 e. The second kappa shape index (κ2) is 5.47. The Balaban J connectivity index is 2.18. The summed E-state index contributed by atoms with van der Waals surface area (Å²) in [6.07, 6.45) is 0.455. The molecule has 0 bridgehead atoms. The molecule has 2 rings (SSSR count). The van der Waals surface area contributed by atoms with Gasteiger partial charge in [-0.3, -0.25) is 9.59 Å². The Morgan fingerprint density at radius 2 is 2.05 bits per heavy atom. The second-order valence-electron chi connectivity index (χ2n) is 6.50. The van der Waals surface area contributed by atoms with E-state index < -0.39 is 5.92 Å². The zero-order valence-electron chi connectivity index (χ0n) is 12.9. The van der Waals surface area contributed by atoms with E-state index in [0.717, 1.165) is 5.56 Å². The number of carbonyl (C=O) groups excluding carboxylic acids is 2. The van der Waals surface area contributed by atoms with E-state index in [9.17, 15) is 14.0 Å². The topological polar surface area (TPSA) is 49.4 Å². The molecule has 4 nitrogen and oxygen atoms in total. The third-order valence-corrected chi connectivity index (χ3v) is 3.48. The van der Waals surface area contributed by atoms with Crippen molar-refractivity contribution >= 4 is 17.5 Å². The van der Waals surface area contributed by atoms with Gasteiger partial charge in [0.1, 0.15) is 11.7 Å². The van der Waals surface area contributed by atoms with Gasteiger partial charge in [-0.15, -0.1) is 0 Å². The van der Waals surface area contributed by atoms with Crippen LogP contribution >= 0.6 is 0 Å². The maximum Gasteiger partial charge on any atom is 0.239 e. The monoisotopic (exact) mass is 292 g/mol. The van der Waals surface area contributed by atoms with Crippen molar-refractivity contribution in [2.45, 2.75) is 39.7 Å². The van der Waals surface area contributed by atoms with Crippen molar-refractivity contribution in [3.8, 4) is 0 Å². The molecule has 1 aliphatic rings. The van der Waals surface area contributed by atoms with Gasteiger partial charge < -0.3 is 10.2 Å². The Morgan fingerprint density at radius 3 is 2.67 bits per heavy atom. The molecule has 1 unspecified atom stereocenters. The maximum absolute atomic E-state index is 13.4. The van der Waals surface area contributed by atoms with E-state index in [1.165, 1.54) is 17.0 Å². The van der Waals surface area contributed by atoms with Gasteiger partial charge in [0, 0.05) is 17.8 Å². The van der Waals surface area contributed by atoms with Crippen LogP contribution in [0.15, 0.2) is 18.2 Å². The summed E-state index contributed by atoms with van der Waals surface area (Å²) in [5.41, 5.74) is 0.993. The first-order chi connectivity index (χ1) is 9.69. The van der Waals surface area contributed by atoms with E-state index >= 15 is 0 Å². The van der Waals surface area contributed by atoms with Gasteiger partial charge in [-0.1, -0.05) is 6.07 Å². The lowest BCUT2D eigenvalue weighted by Gasteiger charge is -2.23. The van der Waals surface area contributed by atoms with Crippen LogP contribution in [0.3, 0.4) is 0 Å². The zero-order valence-corrected chi connectivity index (χ0v) is 12.9. The van der Waals surface area contributed by atoms with Gasteiger partial charge in [0.15, 0.2) is 0 Å². The van der Waals surface area contributed by atoms with Crippen molar-refractivity contribution in [1.29, 1.82) is 0 Å². The van der Waals surface area contributed by atoms with Gasteiger partial charge in [0.05, 0.1) is 0 Å². The zero-order chi connectivity index (χ0) is 15.8. The number of anilines is 1. The average molecular weight is 292 g/mol. The number of amides is 2. The summed E-state index contributed by atoms with van der Waals surface area (Å²) < 4.78 is 13.4. The quantitative estimate of drug-likeness (QED) is 0.851. The molecule has 1 aliphatic heterocycles. The molecule has 1 saturated heterocycles. The van der Waals surface area contributed by atoms with Crippen molar-refractivity contribution in [3.63, 3.8) is 0 Å². The van der Waals surface area contributed by atoms with Crippen molar-refractivity contribution in [1.82, 2.24) is 5.32 Å². The molecule has 0 aromatic heterocycles. The van der Waals surface area contributed by atoms with Gasteiger partial charge in [-0.25, -0.2) is 4.39 Å². The summed E-state index contributed by atoms with van der Waals surface area (Å²) >= 11 is 0. The predicted molar refractivity (Wildman–Crippen MR) is 79.5 cm³/mol. The maximum atomic E-state index is 13.4. The molecular formula is C16H21FN2O2. The number of aryl methyl sites for hydroxylation is 1. The molecular weight excluding hydrogens is 271 g/mol. The summed E-state index contributed by atoms with van der Waals surface area (Å²) in [7, 11) is 0. The van der Waals surface area contributed by atoms with Crippen LogP contribution in [0.1, 0.15) is 32.8 Å². The molecule has 1 atom stereocenters. The molecule has 1 N–H and O–H groups in total. The molecule has 114 valence electrons. The Labute approximate surface area is 124 Å². The van der Waals surface area contributed by atoms with Crippen molar-refractivity contribution in [2.75, 3.05) is 11.4 Å². The largest absolute Gasteiger partial charge is 0.351 e. The number of carbonyl (C=O) groups is 2. The Morgan fingerprint density at radius 1 is 1.38 bits per heavy atom. The van der Waals surface area contributed by atoms with Crippen molar-refractivity contribution < 1.29 is 14.0 Å². The number of nitrogens with one attached hydrogen (secondary N) is 1. The summed E-state index contributed by atoms with van der Waals surface area (Å²) in [5, 5.41) is 2.83. The Kier molecular flexibility index (Phi) is 4.03. The lowest BCUT2D eigenvalue weighted by molar-refractivity contribution is -0.133. The Hall–Kier alpha value is -1.91. The fraction of sp³-hybridized carbons (Fsp3) is 0.500. The lowest BCUT2D eigenvalue weighted by atomic mass is 10.0. The highest BCUT2D eigenvalue weighted by molar-refractivity contribution is 6.10. The highest BCUT2D eigenvalue weighted by Crippen LogP contribution is 2.29. The van der Waals surface area contributed by atoms with Gasteiger partial charge in [0.25, 0.3) is 0 Å². The molecule has 1 heterocycles. The molecule has 2 amide bonds. The van der Waals surface area contributed by atoms with Crippen LogP contribution in [-0.4, -0.2) is 23.9 Å². The number of nitrogens with zero attached hydrogens (tertiary/aromatic N) is 1. The number of hydrogen-bond donors (Lipinski definition) is 1. The van der Waals surface area contributed by atoms with Crippen LogP contribution in [-0.2, 0) is 9.59 Å². The molecule has 0 spiro atoms. The van der Waals surface area contributed by atoms with Crippen molar-refractivity contribution in [3.05, 3.63) is 29.6 Å². The van der Waals surface area contributed by atoms with Gasteiger partial charge >= 0.3 is 0 Å². The number of benzene rings is 1. The lowest BCUT2D eigenvalue weighted by Crippen LogP contribution is -2.46. The van der Waals surface area contributed by atoms with Crippen LogP contribution in [0, 0.1) is 18.7 Å². The molecule has 0 aliphatic carbocycles. The normalized spacial score (nSPS) is 19.0. The van der Waals surface area contributed by atoms with Gasteiger partial charge in [-0.2, -0.15) is 0 Å². The molecule has 1 fully saturated rings. The van der Waals surface area contributed by atoms with Crippen LogP contribution in [0.5, 0.6) is 0 Å². The van der Waals surface area contributed by atoms with E-state index in [2.05, 4.69) is 5.32 Å². The fourth-order valence-corrected chi connectivity index (χ4v) is 2.49. The van der Waals surface area contributed by atoms with E-state index in [4.69, 9.17) is 0 Å². The van der Waals surface area contributed by atoms with E-state index in [-0.39, 0.29) is 23.2 Å². The molecule has 1 aromatic carbocycles. The number of hydrogen-bond acceptors (Lipinski definition) is 2. The SMILES string of the molecule is Cc1ccc(F)cc1N1CCC(C(=O)NC(C)(C)C)C1=O. The van der Waals surface area contributed by atoms with Gasteiger partial charge in [0.2, 0.25) is 11.8 Å². The third-order valence-electron chi connectivity index (χ3n) is 3.48. The first-order valence-corrected chi connectivity index (χ1v) is 7.08. The molecule has 0 saturated carbocycles. The molecule has 1 aromatic rings. The fourth-order valence-electron chi connectivity index (χ4n) is 2.49. The van der Waals surface area contributed by atoms with Crippen LogP contribution < -0.4 is 10.2 Å². The molecule has 5 heteroatoms. The van der Waals surface area contributed by atoms with E-state index in [0.29, 0.717) is 18.7 Å². The summed E-state index contributed by atoms with van der Waals surface area (Å²) in [5.74, 6) is -1.59. The highest BCUT2D eigenvalue weighted by Gasteiger charge is 2.39. The minimum atomic E-state index is -0.688. The Bertz CT molecular complexity index is 578. The number of halogens is 1. The summed E-state index contributed by atoms with van der Waals surface area (Å²) in [6, 6.07) is 4.35. The molecule has 0 radical (unpaired) electrons. The minimum absolute atomic E-state index is 0.259. The first kappa shape index (κ1) is 15.5. The van der Waals surface area contributed by atoms with E-state index in [1.807, 2.05) is 27.7 Å². The van der Waals surface area contributed by atoms with E-state index in [1.54, 1.807) is 6.07 Å². The van der Waals surface area contributed by atoms with Crippen molar-refractivity contribution in [2.24, 2.45) is 5.92 Å². The first-order valence-electron chi connectivity index (χ1n) is 7.08. The van der Waals surface area contributed by atoms with Crippen LogP contribution in [0.2, 0.25) is 0 Å². The standard InChI is InChI=1S/C16H21FN2O2/c1-10-5-6-11(17)9-13(10)19-8-7-12(15(19)21)14(20)18-16(2,3)4/h5-6,9,12H,7-8H2,1-4H3,(H,18,20). The summed E-state index contributed by atoms with van der Waals surface area (Å²) in [4.78, 5) is 26.1.